The highest BCUT2D eigenvalue weighted by Gasteiger charge is 2.31. The zero-order valence-corrected chi connectivity index (χ0v) is 16.1. The number of benzene rings is 1. The SMILES string of the molecule is COc1ccc(CNC2CCN(C3CC3)CC2)cc1OCc1cccnc1. The van der Waals surface area contributed by atoms with Crippen molar-refractivity contribution in [2.75, 3.05) is 20.2 Å². The number of ether oxygens (including phenoxy) is 2. The number of hydrogen-bond donors (Lipinski definition) is 1. The second-order valence-corrected chi connectivity index (χ2v) is 7.56. The Balaban J connectivity index is 1.31. The number of nitrogens with one attached hydrogen (secondary N) is 1. The van der Waals surface area contributed by atoms with Crippen molar-refractivity contribution in [3.8, 4) is 11.5 Å². The molecule has 1 aromatic heterocycles. The van der Waals surface area contributed by atoms with Crippen molar-refractivity contribution in [1.82, 2.24) is 15.2 Å². The number of methoxy groups -OCH3 is 1. The minimum atomic E-state index is 0.487. The lowest BCUT2D eigenvalue weighted by Crippen LogP contribution is -2.43. The summed E-state index contributed by atoms with van der Waals surface area (Å²) in [5.41, 5.74) is 2.27. The molecule has 2 fully saturated rings. The highest BCUT2D eigenvalue weighted by Crippen LogP contribution is 2.30. The Hall–Kier alpha value is -2.11. The van der Waals surface area contributed by atoms with E-state index in [0.29, 0.717) is 12.6 Å². The molecule has 4 rings (SSSR count). The first-order valence-electron chi connectivity index (χ1n) is 9.98. The average Bonchev–Trinajstić information content (AvgIpc) is 3.57. The van der Waals surface area contributed by atoms with Gasteiger partial charge in [0.05, 0.1) is 7.11 Å². The molecule has 0 amide bonds. The first-order chi connectivity index (χ1) is 13.3. The van der Waals surface area contributed by atoms with Crippen LogP contribution in [0.2, 0.25) is 0 Å². The third-order valence-corrected chi connectivity index (χ3v) is 5.53. The van der Waals surface area contributed by atoms with Crippen molar-refractivity contribution in [1.29, 1.82) is 0 Å². The maximum absolute atomic E-state index is 5.99. The molecule has 1 N–H and O–H groups in total. The van der Waals surface area contributed by atoms with Gasteiger partial charge in [0.15, 0.2) is 11.5 Å². The van der Waals surface area contributed by atoms with Crippen LogP contribution < -0.4 is 14.8 Å². The van der Waals surface area contributed by atoms with E-state index >= 15 is 0 Å². The second kappa shape index (κ2) is 8.72. The van der Waals surface area contributed by atoms with E-state index in [-0.39, 0.29) is 0 Å². The van der Waals surface area contributed by atoms with Crippen LogP contribution in [0.15, 0.2) is 42.7 Å². The predicted molar refractivity (Wildman–Crippen MR) is 106 cm³/mol. The molecule has 1 aliphatic heterocycles. The molecule has 0 spiro atoms. The van der Waals surface area contributed by atoms with Crippen molar-refractivity contribution in [2.45, 2.75) is 50.9 Å². The standard InChI is InChI=1S/C22H29N3O2/c1-26-21-7-4-17(13-22(21)27-16-18-3-2-10-23-14-18)15-24-19-8-11-25(12-9-19)20-5-6-20/h2-4,7,10,13-14,19-20,24H,5-6,8-9,11-12,15-16H2,1H3. The van der Waals surface area contributed by atoms with Crippen molar-refractivity contribution < 1.29 is 9.47 Å². The molecule has 5 nitrogen and oxygen atoms in total. The van der Waals surface area contributed by atoms with Gasteiger partial charge in [-0.3, -0.25) is 4.98 Å². The molecule has 0 unspecified atom stereocenters. The number of pyridine rings is 1. The third kappa shape index (κ3) is 4.99. The fraction of sp³-hybridized carbons (Fsp3) is 0.500. The minimum Gasteiger partial charge on any atom is -0.493 e. The van der Waals surface area contributed by atoms with Crippen molar-refractivity contribution in [3.05, 3.63) is 53.9 Å². The van der Waals surface area contributed by atoms with Gasteiger partial charge in [0.25, 0.3) is 0 Å². The number of rotatable bonds is 8. The van der Waals surface area contributed by atoms with E-state index in [0.717, 1.165) is 29.6 Å². The van der Waals surface area contributed by atoms with Crippen LogP contribution >= 0.6 is 0 Å². The molecule has 1 saturated heterocycles. The first kappa shape index (κ1) is 18.3. The van der Waals surface area contributed by atoms with Gasteiger partial charge in [-0.1, -0.05) is 12.1 Å². The summed E-state index contributed by atoms with van der Waals surface area (Å²) in [6, 6.07) is 11.6. The van der Waals surface area contributed by atoms with Gasteiger partial charge in [-0.15, -0.1) is 0 Å². The summed E-state index contributed by atoms with van der Waals surface area (Å²) in [4.78, 5) is 6.80. The molecule has 2 aromatic rings. The van der Waals surface area contributed by atoms with Crippen LogP contribution in [0.1, 0.15) is 36.8 Å². The molecular formula is C22H29N3O2. The number of likely N-dealkylation sites (tertiary alicyclic amines) is 1. The quantitative estimate of drug-likeness (QED) is 0.775. The lowest BCUT2D eigenvalue weighted by Gasteiger charge is -2.32. The maximum atomic E-state index is 5.99. The van der Waals surface area contributed by atoms with Crippen LogP contribution in [0, 0.1) is 0 Å². The number of hydrogen-bond acceptors (Lipinski definition) is 5. The summed E-state index contributed by atoms with van der Waals surface area (Å²) in [7, 11) is 1.68. The molecule has 1 aromatic carbocycles. The van der Waals surface area contributed by atoms with E-state index in [1.54, 1.807) is 13.3 Å². The van der Waals surface area contributed by atoms with E-state index in [9.17, 15) is 0 Å². The topological polar surface area (TPSA) is 46.6 Å². The van der Waals surface area contributed by atoms with Gasteiger partial charge in [-0.05, 0) is 62.5 Å². The third-order valence-electron chi connectivity index (χ3n) is 5.53. The Kier molecular flexibility index (Phi) is 5.90. The molecule has 0 atom stereocenters. The van der Waals surface area contributed by atoms with Crippen LogP contribution in [0.25, 0.3) is 0 Å². The summed E-state index contributed by atoms with van der Waals surface area (Å²) in [5, 5.41) is 3.72. The summed E-state index contributed by atoms with van der Waals surface area (Å²) in [6.07, 6.45) is 8.91. The highest BCUT2D eigenvalue weighted by atomic mass is 16.5. The van der Waals surface area contributed by atoms with Crippen LogP contribution in [-0.4, -0.2) is 42.2 Å². The van der Waals surface area contributed by atoms with Gasteiger partial charge >= 0.3 is 0 Å². The average molecular weight is 367 g/mol. The summed E-state index contributed by atoms with van der Waals surface area (Å²) in [6.45, 7) is 3.83. The Morgan fingerprint density at radius 1 is 1.07 bits per heavy atom. The summed E-state index contributed by atoms with van der Waals surface area (Å²) >= 11 is 0. The Bertz CT molecular complexity index is 726. The molecule has 2 heterocycles. The van der Waals surface area contributed by atoms with Gasteiger partial charge in [0, 0.05) is 36.6 Å². The normalized spacial score (nSPS) is 18.4. The Morgan fingerprint density at radius 2 is 1.93 bits per heavy atom. The molecule has 2 aliphatic rings. The zero-order valence-electron chi connectivity index (χ0n) is 16.1. The Morgan fingerprint density at radius 3 is 2.63 bits per heavy atom. The predicted octanol–water partition coefficient (Wildman–Crippen LogP) is 3.39. The molecule has 0 bridgehead atoms. The summed E-state index contributed by atoms with van der Waals surface area (Å²) in [5.74, 6) is 1.55. The van der Waals surface area contributed by atoms with Gasteiger partial charge in [-0.25, -0.2) is 0 Å². The second-order valence-electron chi connectivity index (χ2n) is 7.56. The molecule has 0 radical (unpaired) electrons. The first-order valence-corrected chi connectivity index (χ1v) is 9.98. The molecular weight excluding hydrogens is 338 g/mol. The highest BCUT2D eigenvalue weighted by molar-refractivity contribution is 5.43. The van der Waals surface area contributed by atoms with Crippen molar-refractivity contribution in [3.63, 3.8) is 0 Å². The molecule has 5 heteroatoms. The van der Waals surface area contributed by atoms with Crippen LogP contribution in [-0.2, 0) is 13.2 Å². The fourth-order valence-electron chi connectivity index (χ4n) is 3.76. The minimum absolute atomic E-state index is 0.487. The van der Waals surface area contributed by atoms with E-state index < -0.39 is 0 Å². The zero-order chi connectivity index (χ0) is 18.5. The van der Waals surface area contributed by atoms with Gasteiger partial charge in [0.2, 0.25) is 0 Å². The number of nitrogens with zero attached hydrogens (tertiary/aromatic N) is 2. The van der Waals surface area contributed by atoms with E-state index in [1.165, 1.54) is 44.3 Å². The van der Waals surface area contributed by atoms with Gasteiger partial charge in [-0.2, -0.15) is 0 Å². The van der Waals surface area contributed by atoms with E-state index in [1.807, 2.05) is 24.4 Å². The van der Waals surface area contributed by atoms with E-state index in [2.05, 4.69) is 27.3 Å². The number of aromatic nitrogens is 1. The smallest absolute Gasteiger partial charge is 0.161 e. The molecule has 144 valence electrons. The van der Waals surface area contributed by atoms with E-state index in [4.69, 9.17) is 9.47 Å². The van der Waals surface area contributed by atoms with Crippen molar-refractivity contribution >= 4 is 0 Å². The lowest BCUT2D eigenvalue weighted by molar-refractivity contribution is 0.189. The maximum Gasteiger partial charge on any atom is 0.161 e. The van der Waals surface area contributed by atoms with Gasteiger partial charge in [0.1, 0.15) is 6.61 Å². The fourth-order valence-corrected chi connectivity index (χ4v) is 3.76. The Labute approximate surface area is 161 Å². The largest absolute Gasteiger partial charge is 0.493 e. The number of piperidine rings is 1. The molecule has 27 heavy (non-hydrogen) atoms. The van der Waals surface area contributed by atoms with Crippen molar-refractivity contribution in [2.24, 2.45) is 0 Å². The molecule has 1 saturated carbocycles. The monoisotopic (exact) mass is 367 g/mol. The van der Waals surface area contributed by atoms with Crippen LogP contribution in [0.4, 0.5) is 0 Å². The van der Waals surface area contributed by atoms with Gasteiger partial charge < -0.3 is 19.7 Å². The summed E-state index contributed by atoms with van der Waals surface area (Å²) < 4.78 is 11.5. The molecule has 1 aliphatic carbocycles. The van der Waals surface area contributed by atoms with Crippen LogP contribution in [0.5, 0.6) is 11.5 Å². The lowest BCUT2D eigenvalue weighted by atomic mass is 10.0. The van der Waals surface area contributed by atoms with Crippen LogP contribution in [0.3, 0.4) is 0 Å².